The zero-order valence-electron chi connectivity index (χ0n) is 14.4. The molecule has 4 rings (SSSR count). The van der Waals surface area contributed by atoms with Gasteiger partial charge in [-0.05, 0) is 49.2 Å². The molecule has 26 heavy (non-hydrogen) atoms. The van der Waals surface area contributed by atoms with Crippen molar-refractivity contribution in [2.24, 2.45) is 0 Å². The lowest BCUT2D eigenvalue weighted by atomic mass is 10.1. The normalized spacial score (nSPS) is 15.9. The Hall–Kier alpha value is -3.02. The molecule has 0 bridgehead atoms. The van der Waals surface area contributed by atoms with Gasteiger partial charge in [0.1, 0.15) is 5.82 Å². The van der Waals surface area contributed by atoms with Crippen LogP contribution in [0.1, 0.15) is 24.8 Å². The molecule has 0 unspecified atom stereocenters. The fourth-order valence-electron chi connectivity index (χ4n) is 3.35. The summed E-state index contributed by atoms with van der Waals surface area (Å²) < 4.78 is 18.2. The topological polar surface area (TPSA) is 59.2 Å². The number of carbonyl (C=O) groups is 1. The molecule has 3 aromatic rings. The first kappa shape index (κ1) is 16.4. The summed E-state index contributed by atoms with van der Waals surface area (Å²) in [5.74, 6) is 0.525. The maximum Gasteiger partial charge on any atom is 0.227 e. The number of nitrogens with zero attached hydrogens (tertiary/aromatic N) is 3. The minimum absolute atomic E-state index is 0.0454. The molecule has 1 aliphatic heterocycles. The van der Waals surface area contributed by atoms with Gasteiger partial charge in [-0.1, -0.05) is 23.4 Å². The number of halogens is 1. The van der Waals surface area contributed by atoms with Crippen LogP contribution >= 0.6 is 0 Å². The number of carbonyl (C=O) groups excluding carboxylic acids is 1. The van der Waals surface area contributed by atoms with Crippen LogP contribution in [-0.4, -0.2) is 22.1 Å². The first-order valence-corrected chi connectivity index (χ1v) is 8.60. The summed E-state index contributed by atoms with van der Waals surface area (Å²) in [6.07, 6.45) is 1.54. The van der Waals surface area contributed by atoms with Gasteiger partial charge in [0.05, 0.1) is 0 Å². The largest absolute Gasteiger partial charge is 0.339 e. The predicted octanol–water partition coefficient (Wildman–Crippen LogP) is 3.79. The highest BCUT2D eigenvalue weighted by Crippen LogP contribution is 2.32. The smallest absolute Gasteiger partial charge is 0.227 e. The highest BCUT2D eigenvalue weighted by Gasteiger charge is 2.30. The number of para-hydroxylation sites is 1. The lowest BCUT2D eigenvalue weighted by Gasteiger charge is -2.22. The van der Waals surface area contributed by atoms with Crippen LogP contribution in [0.2, 0.25) is 0 Å². The van der Waals surface area contributed by atoms with Gasteiger partial charge < -0.3 is 9.42 Å². The fraction of sp³-hybridized carbons (Fsp3) is 0.250. The molecule has 0 fully saturated rings. The van der Waals surface area contributed by atoms with Crippen molar-refractivity contribution in [1.29, 1.82) is 0 Å². The van der Waals surface area contributed by atoms with Crippen molar-refractivity contribution >= 4 is 11.6 Å². The molecule has 2 aromatic carbocycles. The summed E-state index contributed by atoms with van der Waals surface area (Å²) >= 11 is 0. The summed E-state index contributed by atoms with van der Waals surface area (Å²) in [6.45, 7) is 2.05. The summed E-state index contributed by atoms with van der Waals surface area (Å²) in [6, 6.07) is 14.0. The van der Waals surface area contributed by atoms with Crippen molar-refractivity contribution in [3.05, 3.63) is 65.8 Å². The Kier molecular flexibility index (Phi) is 4.24. The standard InChI is InChI=1S/C20H18FN3O2/c1-13-12-15-4-2-3-5-17(15)24(13)19(25)11-10-18-22-20(23-26-18)14-6-8-16(21)9-7-14/h2-9,13H,10-12H2,1H3/t13-/m1/s1. The number of hydrogen-bond donors (Lipinski definition) is 0. The number of aromatic nitrogens is 2. The van der Waals surface area contributed by atoms with Crippen molar-refractivity contribution < 1.29 is 13.7 Å². The molecule has 1 aromatic heterocycles. The van der Waals surface area contributed by atoms with Crippen LogP contribution in [0, 0.1) is 5.82 Å². The van der Waals surface area contributed by atoms with Crippen molar-refractivity contribution in [2.45, 2.75) is 32.2 Å². The van der Waals surface area contributed by atoms with Crippen LogP contribution in [0.5, 0.6) is 0 Å². The molecular formula is C20H18FN3O2. The molecule has 1 amide bonds. The second kappa shape index (κ2) is 6.71. The molecule has 0 saturated heterocycles. The van der Waals surface area contributed by atoms with Gasteiger partial charge in [0.2, 0.25) is 17.6 Å². The average molecular weight is 351 g/mol. The summed E-state index contributed by atoms with van der Waals surface area (Å²) in [7, 11) is 0. The average Bonchev–Trinajstić information content (AvgIpc) is 3.24. The van der Waals surface area contributed by atoms with E-state index in [1.165, 1.54) is 17.7 Å². The van der Waals surface area contributed by atoms with Gasteiger partial charge in [0.25, 0.3) is 0 Å². The van der Waals surface area contributed by atoms with Gasteiger partial charge in [0, 0.05) is 30.1 Å². The van der Waals surface area contributed by atoms with Gasteiger partial charge in [0.15, 0.2) is 0 Å². The Balaban J connectivity index is 1.43. The molecular weight excluding hydrogens is 333 g/mol. The van der Waals surface area contributed by atoms with E-state index >= 15 is 0 Å². The molecule has 0 aliphatic carbocycles. The van der Waals surface area contributed by atoms with E-state index in [0.29, 0.717) is 30.1 Å². The lowest BCUT2D eigenvalue weighted by molar-refractivity contribution is -0.118. The SMILES string of the molecule is C[C@@H]1Cc2ccccc2N1C(=O)CCc1nc(-c2ccc(F)cc2)no1. The van der Waals surface area contributed by atoms with Gasteiger partial charge in [-0.15, -0.1) is 0 Å². The maximum absolute atomic E-state index is 13.0. The van der Waals surface area contributed by atoms with Crippen molar-refractivity contribution in [1.82, 2.24) is 10.1 Å². The molecule has 132 valence electrons. The molecule has 1 aliphatic rings. The first-order chi connectivity index (χ1) is 12.6. The Morgan fingerprint density at radius 3 is 2.81 bits per heavy atom. The molecule has 2 heterocycles. The number of fused-ring (bicyclic) bond motifs is 1. The number of benzene rings is 2. The van der Waals surface area contributed by atoms with Crippen LogP contribution in [0.4, 0.5) is 10.1 Å². The number of hydrogen-bond acceptors (Lipinski definition) is 4. The Morgan fingerprint density at radius 2 is 2.00 bits per heavy atom. The first-order valence-electron chi connectivity index (χ1n) is 8.60. The molecule has 0 saturated carbocycles. The van der Waals surface area contributed by atoms with E-state index in [-0.39, 0.29) is 17.8 Å². The molecule has 5 nitrogen and oxygen atoms in total. The van der Waals surface area contributed by atoms with E-state index in [1.54, 1.807) is 12.1 Å². The minimum atomic E-state index is -0.317. The molecule has 6 heteroatoms. The third kappa shape index (κ3) is 3.10. The Bertz CT molecular complexity index is 936. The summed E-state index contributed by atoms with van der Waals surface area (Å²) in [5.41, 5.74) is 2.86. The van der Waals surface area contributed by atoms with Gasteiger partial charge in [-0.25, -0.2) is 4.39 Å². The van der Waals surface area contributed by atoms with Crippen LogP contribution < -0.4 is 4.90 Å². The number of amides is 1. The van der Waals surface area contributed by atoms with E-state index in [4.69, 9.17) is 4.52 Å². The third-order valence-electron chi connectivity index (χ3n) is 4.60. The zero-order valence-corrected chi connectivity index (χ0v) is 14.4. The van der Waals surface area contributed by atoms with E-state index in [2.05, 4.69) is 23.1 Å². The fourth-order valence-corrected chi connectivity index (χ4v) is 3.35. The number of anilines is 1. The van der Waals surface area contributed by atoms with Crippen LogP contribution in [0.15, 0.2) is 53.1 Å². The van der Waals surface area contributed by atoms with E-state index in [1.807, 2.05) is 23.1 Å². The molecule has 0 N–H and O–H groups in total. The monoisotopic (exact) mass is 351 g/mol. The molecule has 0 radical (unpaired) electrons. The zero-order chi connectivity index (χ0) is 18.1. The summed E-state index contributed by atoms with van der Waals surface area (Å²) in [4.78, 5) is 18.9. The molecule has 1 atom stereocenters. The van der Waals surface area contributed by atoms with Crippen molar-refractivity contribution in [3.8, 4) is 11.4 Å². The summed E-state index contributed by atoms with van der Waals surface area (Å²) in [5, 5.41) is 3.91. The van der Waals surface area contributed by atoms with E-state index < -0.39 is 0 Å². The third-order valence-corrected chi connectivity index (χ3v) is 4.60. The van der Waals surface area contributed by atoms with Crippen LogP contribution in [0.25, 0.3) is 11.4 Å². The second-order valence-corrected chi connectivity index (χ2v) is 6.46. The van der Waals surface area contributed by atoms with Crippen LogP contribution in [0.3, 0.4) is 0 Å². The lowest BCUT2D eigenvalue weighted by Crippen LogP contribution is -2.35. The molecule has 0 spiro atoms. The van der Waals surface area contributed by atoms with Crippen molar-refractivity contribution in [2.75, 3.05) is 4.90 Å². The van der Waals surface area contributed by atoms with E-state index in [0.717, 1.165) is 12.1 Å². The Labute approximate surface area is 150 Å². The predicted molar refractivity (Wildman–Crippen MR) is 95.1 cm³/mol. The number of aryl methyl sites for hydroxylation is 1. The second-order valence-electron chi connectivity index (χ2n) is 6.46. The van der Waals surface area contributed by atoms with Gasteiger partial charge >= 0.3 is 0 Å². The highest BCUT2D eigenvalue weighted by atomic mass is 19.1. The highest BCUT2D eigenvalue weighted by molar-refractivity contribution is 5.96. The van der Waals surface area contributed by atoms with Crippen molar-refractivity contribution in [3.63, 3.8) is 0 Å². The number of rotatable bonds is 4. The maximum atomic E-state index is 13.0. The Morgan fingerprint density at radius 1 is 1.23 bits per heavy atom. The quantitative estimate of drug-likeness (QED) is 0.718. The minimum Gasteiger partial charge on any atom is -0.339 e. The van der Waals surface area contributed by atoms with Gasteiger partial charge in [-0.3, -0.25) is 4.79 Å². The van der Waals surface area contributed by atoms with E-state index in [9.17, 15) is 9.18 Å². The van der Waals surface area contributed by atoms with Gasteiger partial charge in [-0.2, -0.15) is 4.98 Å². The van der Waals surface area contributed by atoms with Crippen LogP contribution in [-0.2, 0) is 17.6 Å².